The lowest BCUT2D eigenvalue weighted by molar-refractivity contribution is -0.385. The smallest absolute Gasteiger partial charge is 0.305 e. The molecule has 0 unspecified atom stereocenters. The van der Waals surface area contributed by atoms with Crippen molar-refractivity contribution in [1.82, 2.24) is 0 Å². The second kappa shape index (κ2) is 17.5. The van der Waals surface area contributed by atoms with Crippen molar-refractivity contribution in [3.05, 3.63) is 100 Å². The number of non-ortho nitro benzene ring substituents is 1. The predicted octanol–water partition coefficient (Wildman–Crippen LogP) is 5.89. The summed E-state index contributed by atoms with van der Waals surface area (Å²) in [4.78, 5) is 22.7. The van der Waals surface area contributed by atoms with Gasteiger partial charge in [-0.1, -0.05) is 60.7 Å². The number of nitro benzene ring substituents is 1. The Balaban J connectivity index is 1.30. The van der Waals surface area contributed by atoms with E-state index in [1.54, 1.807) is 0 Å². The molecular weight excluding hydrogens is 502 g/mol. The van der Waals surface area contributed by atoms with Gasteiger partial charge in [0, 0.05) is 25.3 Å². The van der Waals surface area contributed by atoms with Crippen molar-refractivity contribution < 1.29 is 33.4 Å². The molecule has 208 valence electrons. The number of hydrogen-bond donors (Lipinski definition) is 0. The normalized spacial score (nSPS) is 10.7. The summed E-state index contributed by atoms with van der Waals surface area (Å²) in [5.41, 5.74) is 2.10. The molecule has 3 rings (SSSR count). The van der Waals surface area contributed by atoms with Crippen molar-refractivity contribution in [3.63, 3.8) is 0 Å². The number of esters is 1. The molecule has 0 saturated carbocycles. The van der Waals surface area contributed by atoms with Gasteiger partial charge in [-0.05, 0) is 23.6 Å². The molecule has 0 saturated heterocycles. The highest BCUT2D eigenvalue weighted by atomic mass is 16.6. The average Bonchev–Trinajstić information content (AvgIpc) is 2.96. The first-order valence-electron chi connectivity index (χ1n) is 13.0. The Hall–Kier alpha value is -3.95. The van der Waals surface area contributed by atoms with Crippen molar-refractivity contribution >= 4 is 11.7 Å². The molecule has 0 N–H and O–H groups in total. The Morgan fingerprint density at radius 2 is 1.23 bits per heavy atom. The second-order valence-electron chi connectivity index (χ2n) is 8.69. The standard InChI is InChI=1S/C30H35NO8/c32-30(39-21-9-18-36-24-26-12-5-2-6-13-26)14-7-19-38-29-22-27(31(33)34)15-16-28(29)37-20-8-17-35-23-25-10-3-1-4-11-25/h1-6,10-13,15-16,22H,7-9,14,17-21,23-24H2. The van der Waals surface area contributed by atoms with Crippen LogP contribution in [0.15, 0.2) is 78.9 Å². The summed E-state index contributed by atoms with van der Waals surface area (Å²) in [6.07, 6.45) is 1.83. The molecule has 0 radical (unpaired) electrons. The third-order valence-corrected chi connectivity index (χ3v) is 5.53. The van der Waals surface area contributed by atoms with E-state index in [1.807, 2.05) is 60.7 Å². The minimum atomic E-state index is -0.491. The maximum absolute atomic E-state index is 12.0. The molecule has 0 aromatic heterocycles. The molecule has 9 nitrogen and oxygen atoms in total. The van der Waals surface area contributed by atoms with Gasteiger partial charge >= 0.3 is 5.97 Å². The van der Waals surface area contributed by atoms with E-state index >= 15 is 0 Å². The average molecular weight is 538 g/mol. The highest BCUT2D eigenvalue weighted by Crippen LogP contribution is 2.31. The van der Waals surface area contributed by atoms with Gasteiger partial charge in [-0.2, -0.15) is 0 Å². The van der Waals surface area contributed by atoms with Gasteiger partial charge in [0.25, 0.3) is 5.69 Å². The largest absolute Gasteiger partial charge is 0.490 e. The summed E-state index contributed by atoms with van der Waals surface area (Å²) in [5, 5.41) is 11.2. The first-order chi connectivity index (χ1) is 19.1. The van der Waals surface area contributed by atoms with Gasteiger partial charge in [0.2, 0.25) is 0 Å². The molecule has 0 aliphatic rings. The quantitative estimate of drug-likeness (QED) is 0.0807. The fraction of sp³-hybridized carbons (Fsp3) is 0.367. The molecule has 0 amide bonds. The first kappa shape index (κ1) is 29.6. The monoisotopic (exact) mass is 537 g/mol. The van der Waals surface area contributed by atoms with E-state index in [0.29, 0.717) is 58.0 Å². The van der Waals surface area contributed by atoms with Crippen LogP contribution in [0.5, 0.6) is 11.5 Å². The lowest BCUT2D eigenvalue weighted by atomic mass is 10.2. The van der Waals surface area contributed by atoms with E-state index in [0.717, 1.165) is 11.1 Å². The molecule has 9 heteroatoms. The lowest BCUT2D eigenvalue weighted by Gasteiger charge is -2.13. The number of nitrogens with zero attached hydrogens (tertiary/aromatic N) is 1. The Morgan fingerprint density at radius 3 is 1.85 bits per heavy atom. The molecule has 3 aromatic rings. The van der Waals surface area contributed by atoms with Crippen molar-refractivity contribution in [1.29, 1.82) is 0 Å². The van der Waals surface area contributed by atoms with E-state index < -0.39 is 4.92 Å². The number of carbonyl (C=O) groups excluding carboxylic acids is 1. The summed E-state index contributed by atoms with van der Waals surface area (Å²) in [7, 11) is 0. The van der Waals surface area contributed by atoms with Gasteiger partial charge in [-0.15, -0.1) is 0 Å². The fourth-order valence-corrected chi connectivity index (χ4v) is 3.53. The molecule has 0 aliphatic heterocycles. The summed E-state index contributed by atoms with van der Waals surface area (Å²) < 4.78 is 28.0. The van der Waals surface area contributed by atoms with Crippen LogP contribution in [0.3, 0.4) is 0 Å². The van der Waals surface area contributed by atoms with Crippen LogP contribution in [0, 0.1) is 10.1 Å². The maximum Gasteiger partial charge on any atom is 0.305 e. The molecule has 0 heterocycles. The maximum atomic E-state index is 12.0. The highest BCUT2D eigenvalue weighted by Gasteiger charge is 2.14. The summed E-state index contributed by atoms with van der Waals surface area (Å²) in [6, 6.07) is 24.0. The Kier molecular flexibility index (Phi) is 13.3. The molecule has 3 aromatic carbocycles. The van der Waals surface area contributed by atoms with Crippen molar-refractivity contribution in [2.24, 2.45) is 0 Å². The minimum absolute atomic E-state index is 0.0996. The van der Waals surface area contributed by atoms with Crippen LogP contribution in [0.2, 0.25) is 0 Å². The van der Waals surface area contributed by atoms with Gasteiger partial charge < -0.3 is 23.7 Å². The lowest BCUT2D eigenvalue weighted by Crippen LogP contribution is -2.10. The minimum Gasteiger partial charge on any atom is -0.490 e. The molecule has 0 fully saturated rings. The fourth-order valence-electron chi connectivity index (χ4n) is 3.53. The van der Waals surface area contributed by atoms with E-state index in [4.69, 9.17) is 23.7 Å². The Bertz CT molecular complexity index is 1120. The molecule has 39 heavy (non-hydrogen) atoms. The molecule has 0 aliphatic carbocycles. The Morgan fingerprint density at radius 1 is 0.667 bits per heavy atom. The zero-order chi connectivity index (χ0) is 27.5. The summed E-state index contributed by atoms with van der Waals surface area (Å²) >= 11 is 0. The molecule has 0 bridgehead atoms. The SMILES string of the molecule is O=C(CCCOc1cc([N+](=O)[O-])ccc1OCCCOCc1ccccc1)OCCCOCc1ccccc1. The number of nitro groups is 1. The van der Waals surface area contributed by atoms with Crippen molar-refractivity contribution in [3.8, 4) is 11.5 Å². The van der Waals surface area contributed by atoms with E-state index in [1.165, 1.54) is 18.2 Å². The van der Waals surface area contributed by atoms with E-state index in [9.17, 15) is 14.9 Å². The zero-order valence-electron chi connectivity index (χ0n) is 22.0. The van der Waals surface area contributed by atoms with Crippen LogP contribution in [-0.2, 0) is 32.2 Å². The van der Waals surface area contributed by atoms with E-state index in [2.05, 4.69) is 0 Å². The van der Waals surface area contributed by atoms with Crippen molar-refractivity contribution in [2.45, 2.75) is 38.9 Å². The van der Waals surface area contributed by atoms with Crippen LogP contribution in [0.1, 0.15) is 36.8 Å². The third kappa shape index (κ3) is 12.0. The first-order valence-corrected chi connectivity index (χ1v) is 13.0. The Labute approximate surface area is 228 Å². The van der Waals surface area contributed by atoms with Gasteiger partial charge in [-0.25, -0.2) is 0 Å². The van der Waals surface area contributed by atoms with Gasteiger partial charge in [-0.3, -0.25) is 14.9 Å². The predicted molar refractivity (Wildman–Crippen MR) is 146 cm³/mol. The number of benzene rings is 3. The van der Waals surface area contributed by atoms with Crippen molar-refractivity contribution in [2.75, 3.05) is 33.0 Å². The van der Waals surface area contributed by atoms with Crippen LogP contribution in [0.25, 0.3) is 0 Å². The molecule has 0 spiro atoms. The number of carbonyl (C=O) groups is 1. The summed E-state index contributed by atoms with van der Waals surface area (Å²) in [5.74, 6) is 0.341. The van der Waals surface area contributed by atoms with Gasteiger partial charge in [0.15, 0.2) is 11.5 Å². The number of ether oxygens (including phenoxy) is 5. The van der Waals surface area contributed by atoms with Gasteiger partial charge in [0.05, 0.1) is 57.2 Å². The van der Waals surface area contributed by atoms with Crippen LogP contribution < -0.4 is 9.47 Å². The van der Waals surface area contributed by atoms with Crippen LogP contribution in [-0.4, -0.2) is 43.9 Å². The number of hydrogen-bond acceptors (Lipinski definition) is 8. The number of rotatable bonds is 19. The van der Waals surface area contributed by atoms with Crippen LogP contribution in [0.4, 0.5) is 5.69 Å². The highest BCUT2D eigenvalue weighted by molar-refractivity contribution is 5.69. The summed E-state index contributed by atoms with van der Waals surface area (Å²) in [6.45, 7) is 2.90. The molecular formula is C30H35NO8. The topological polar surface area (TPSA) is 106 Å². The van der Waals surface area contributed by atoms with E-state index in [-0.39, 0.29) is 37.0 Å². The zero-order valence-corrected chi connectivity index (χ0v) is 22.0. The van der Waals surface area contributed by atoms with Crippen LogP contribution >= 0.6 is 0 Å². The van der Waals surface area contributed by atoms with Gasteiger partial charge in [0.1, 0.15) is 0 Å². The molecule has 0 atom stereocenters. The second-order valence-corrected chi connectivity index (χ2v) is 8.69. The third-order valence-electron chi connectivity index (χ3n) is 5.53.